The van der Waals surface area contributed by atoms with Crippen LogP contribution < -0.4 is 10.2 Å². The van der Waals surface area contributed by atoms with Crippen LogP contribution in [0.15, 0.2) is 53.7 Å². The third-order valence-electron chi connectivity index (χ3n) is 8.37. The van der Waals surface area contributed by atoms with Gasteiger partial charge in [-0.25, -0.2) is 0 Å². The molecule has 14 heteroatoms. The zero-order chi connectivity index (χ0) is 31.5. The van der Waals surface area contributed by atoms with E-state index < -0.39 is 45.1 Å². The summed E-state index contributed by atoms with van der Waals surface area (Å²) in [6.07, 6.45) is 9.79. The van der Waals surface area contributed by atoms with Crippen LogP contribution in [0.25, 0.3) is 0 Å². The SMILES string of the molecule is CO[C@@H]1C[C@H](C(=O)N(c2ccc(S(F)(F)(F)(F)F)cc2)C(C(=O)NCC(C)C2CCCCC2)c2cccnc2)N(C#N)C1. The van der Waals surface area contributed by atoms with Crippen LogP contribution in [0.5, 0.6) is 0 Å². The van der Waals surface area contributed by atoms with Gasteiger partial charge >= 0.3 is 10.2 Å². The van der Waals surface area contributed by atoms with Gasteiger partial charge in [0.25, 0.3) is 5.91 Å². The molecule has 2 aromatic rings. The molecule has 1 aromatic heterocycles. The Kier molecular flexibility index (Phi) is 9.00. The third kappa shape index (κ3) is 7.75. The summed E-state index contributed by atoms with van der Waals surface area (Å²) in [4.78, 5) is 32.2. The molecule has 4 rings (SSSR count). The fourth-order valence-electron chi connectivity index (χ4n) is 5.92. The number of likely N-dealkylation sites (tertiary alicyclic amines) is 1. The van der Waals surface area contributed by atoms with E-state index in [0.29, 0.717) is 12.5 Å². The Morgan fingerprint density at radius 1 is 1.14 bits per heavy atom. The number of carbonyl (C=O) groups is 2. The fraction of sp³-hybridized carbons (Fsp3) is 0.517. The molecule has 2 amide bonds. The van der Waals surface area contributed by atoms with Crippen LogP contribution in [0.1, 0.15) is 57.1 Å². The van der Waals surface area contributed by atoms with Gasteiger partial charge in [0.05, 0.1) is 12.6 Å². The van der Waals surface area contributed by atoms with E-state index in [2.05, 4.69) is 10.3 Å². The molecular weight excluding hydrogens is 593 g/mol. The second-order valence-electron chi connectivity index (χ2n) is 11.3. The summed E-state index contributed by atoms with van der Waals surface area (Å²) in [5.74, 6) is -0.848. The summed E-state index contributed by atoms with van der Waals surface area (Å²) < 4.78 is 73.0. The predicted molar refractivity (Wildman–Crippen MR) is 153 cm³/mol. The van der Waals surface area contributed by atoms with Crippen molar-refractivity contribution in [2.45, 2.75) is 68.5 Å². The Balaban J connectivity index is 1.75. The summed E-state index contributed by atoms with van der Waals surface area (Å²) in [5, 5.41) is 12.6. The first-order valence-corrected chi connectivity index (χ1v) is 16.1. The number of hydrogen-bond acceptors (Lipinski definition) is 6. The van der Waals surface area contributed by atoms with Crippen molar-refractivity contribution in [1.29, 1.82) is 5.26 Å². The molecule has 2 aliphatic rings. The highest BCUT2D eigenvalue weighted by Gasteiger charge is 2.65. The molecule has 2 heterocycles. The number of benzene rings is 1. The minimum atomic E-state index is -10.0. The first-order valence-electron chi connectivity index (χ1n) is 14.2. The Hall–Kier alpha value is -3.44. The number of pyridine rings is 1. The largest absolute Gasteiger partial charge is 0.379 e. The smallest absolute Gasteiger partial charge is 0.310 e. The maximum absolute atomic E-state index is 14.2. The molecule has 1 aliphatic carbocycles. The first-order chi connectivity index (χ1) is 20.1. The zero-order valence-corrected chi connectivity index (χ0v) is 24.8. The first kappa shape index (κ1) is 32.5. The van der Waals surface area contributed by atoms with Gasteiger partial charge in [0.15, 0.2) is 6.19 Å². The van der Waals surface area contributed by atoms with E-state index in [4.69, 9.17) is 4.74 Å². The Morgan fingerprint density at radius 3 is 2.37 bits per heavy atom. The molecular formula is C29H36F5N5O3S. The molecule has 1 N–H and O–H groups in total. The molecule has 1 saturated heterocycles. The monoisotopic (exact) mass is 629 g/mol. The van der Waals surface area contributed by atoms with Gasteiger partial charge in [-0.2, -0.15) is 5.26 Å². The van der Waals surface area contributed by atoms with Gasteiger partial charge in [0.2, 0.25) is 5.91 Å². The molecule has 1 aromatic carbocycles. The van der Waals surface area contributed by atoms with Crippen LogP contribution in [-0.2, 0) is 14.3 Å². The second-order valence-corrected chi connectivity index (χ2v) is 13.8. The lowest BCUT2D eigenvalue weighted by Gasteiger charge is -2.41. The lowest BCUT2D eigenvalue weighted by molar-refractivity contribution is -0.128. The van der Waals surface area contributed by atoms with Crippen LogP contribution in [-0.4, -0.2) is 54.0 Å². The van der Waals surface area contributed by atoms with E-state index in [9.17, 15) is 34.3 Å². The molecule has 0 bridgehead atoms. The van der Waals surface area contributed by atoms with Gasteiger partial charge in [0.1, 0.15) is 17.0 Å². The number of aromatic nitrogens is 1. The van der Waals surface area contributed by atoms with Gasteiger partial charge in [-0.05, 0) is 42.2 Å². The van der Waals surface area contributed by atoms with Gasteiger partial charge in [-0.15, -0.1) is 0 Å². The van der Waals surface area contributed by atoms with E-state index in [1.165, 1.54) is 36.9 Å². The number of nitrogens with zero attached hydrogens (tertiary/aromatic N) is 4. The molecule has 43 heavy (non-hydrogen) atoms. The number of anilines is 1. The number of nitriles is 1. The normalized spacial score (nSPS) is 22.5. The van der Waals surface area contributed by atoms with E-state index in [1.54, 1.807) is 6.07 Å². The molecule has 0 radical (unpaired) electrons. The number of nitrogens with one attached hydrogen (secondary N) is 1. The van der Waals surface area contributed by atoms with Gasteiger partial charge in [0, 0.05) is 43.7 Å². The van der Waals surface area contributed by atoms with E-state index in [-0.39, 0.29) is 42.3 Å². The topological polar surface area (TPSA) is 98.6 Å². The lowest BCUT2D eigenvalue weighted by Crippen LogP contribution is -2.50. The van der Waals surface area contributed by atoms with Crippen molar-refractivity contribution >= 4 is 27.7 Å². The number of carbonyl (C=O) groups excluding carboxylic acids is 2. The molecule has 1 saturated carbocycles. The second kappa shape index (κ2) is 11.9. The van der Waals surface area contributed by atoms with Crippen LogP contribution >= 0.6 is 10.2 Å². The standard InChI is InChI=1S/C29H36F5N5O3S/c1-20(21-7-4-3-5-8-21)16-37-28(40)27(22-9-6-14-36-17-22)39(29(41)26-15-24(42-2)18-38(26)19-35)23-10-12-25(13-11-23)43(30,31,32,33)34/h6,9-14,17,20-21,24,26-27H,3-5,7-8,15-16,18H2,1-2H3,(H,37,40)/t20?,24-,26-,27?/m1/s1. The number of hydrogen-bond donors (Lipinski definition) is 1. The summed E-state index contributed by atoms with van der Waals surface area (Å²) in [5.41, 5.74) is 0.0268. The minimum absolute atomic E-state index is 0.0725. The highest BCUT2D eigenvalue weighted by molar-refractivity contribution is 8.45. The maximum Gasteiger partial charge on any atom is 0.310 e. The fourth-order valence-corrected chi connectivity index (χ4v) is 6.57. The zero-order valence-electron chi connectivity index (χ0n) is 24.0. The van der Waals surface area contributed by atoms with Crippen LogP contribution in [0.2, 0.25) is 0 Å². The highest BCUT2D eigenvalue weighted by atomic mass is 32.5. The van der Waals surface area contributed by atoms with Crippen molar-refractivity contribution in [3.8, 4) is 6.19 Å². The summed E-state index contributed by atoms with van der Waals surface area (Å²) in [6, 6.07) is 2.44. The summed E-state index contributed by atoms with van der Waals surface area (Å²) >= 11 is 0. The van der Waals surface area contributed by atoms with Crippen molar-refractivity contribution < 1.29 is 33.8 Å². The van der Waals surface area contributed by atoms with Crippen molar-refractivity contribution in [2.24, 2.45) is 11.8 Å². The van der Waals surface area contributed by atoms with Crippen LogP contribution in [0, 0.1) is 23.3 Å². The Morgan fingerprint density at radius 2 is 1.81 bits per heavy atom. The predicted octanol–water partition coefficient (Wildman–Crippen LogP) is 6.72. The van der Waals surface area contributed by atoms with Crippen molar-refractivity contribution in [2.75, 3.05) is 25.1 Å². The minimum Gasteiger partial charge on any atom is -0.379 e. The van der Waals surface area contributed by atoms with E-state index in [1.807, 2.05) is 13.1 Å². The third-order valence-corrected chi connectivity index (χ3v) is 9.53. The van der Waals surface area contributed by atoms with Crippen molar-refractivity contribution in [3.63, 3.8) is 0 Å². The van der Waals surface area contributed by atoms with Crippen molar-refractivity contribution in [1.82, 2.24) is 15.2 Å². The van der Waals surface area contributed by atoms with Gasteiger partial charge in [-0.3, -0.25) is 24.4 Å². The molecule has 0 spiro atoms. The van der Waals surface area contributed by atoms with Gasteiger partial charge < -0.3 is 10.1 Å². The number of halogens is 5. The Bertz CT molecular complexity index is 1340. The van der Waals surface area contributed by atoms with E-state index in [0.717, 1.165) is 42.7 Å². The molecule has 4 atom stereocenters. The number of ether oxygens (including phenoxy) is 1. The summed E-state index contributed by atoms with van der Waals surface area (Å²) in [6.45, 7) is 2.42. The van der Waals surface area contributed by atoms with E-state index >= 15 is 0 Å². The lowest BCUT2D eigenvalue weighted by atomic mass is 9.81. The highest BCUT2D eigenvalue weighted by Crippen LogP contribution is 3.02. The number of amides is 2. The van der Waals surface area contributed by atoms with Gasteiger partial charge in [-0.1, -0.05) is 64.5 Å². The van der Waals surface area contributed by atoms with Crippen molar-refractivity contribution in [3.05, 3.63) is 54.4 Å². The number of methoxy groups -OCH3 is 1. The van der Waals surface area contributed by atoms with Crippen LogP contribution in [0.4, 0.5) is 25.1 Å². The average molecular weight is 630 g/mol. The molecule has 236 valence electrons. The van der Waals surface area contributed by atoms with Crippen LogP contribution in [0.3, 0.4) is 0 Å². The number of rotatable bonds is 10. The summed E-state index contributed by atoms with van der Waals surface area (Å²) in [7, 11) is -8.59. The molecule has 2 fully saturated rings. The molecule has 1 aliphatic heterocycles. The molecule has 2 unspecified atom stereocenters. The quantitative estimate of drug-likeness (QED) is 0.232. The molecule has 8 nitrogen and oxygen atoms in total. The Labute approximate surface area is 247 Å². The average Bonchev–Trinajstić information content (AvgIpc) is 3.42. The maximum atomic E-state index is 14.2.